The minimum absolute atomic E-state index is 0.638. The maximum atomic E-state index is 5.24. The second kappa shape index (κ2) is 6.37. The van der Waals surface area contributed by atoms with Gasteiger partial charge in [-0.3, -0.25) is 4.98 Å². The van der Waals surface area contributed by atoms with Crippen LogP contribution in [0.3, 0.4) is 0 Å². The van der Waals surface area contributed by atoms with E-state index in [0.29, 0.717) is 6.61 Å². The molecular formula is C18H18N2O. The molecule has 0 aliphatic heterocycles. The lowest BCUT2D eigenvalue weighted by Crippen LogP contribution is -2.03. The molecule has 0 unspecified atom stereocenters. The number of hydrogen-bond donors (Lipinski definition) is 1. The van der Waals surface area contributed by atoms with Crippen LogP contribution >= 0.6 is 0 Å². The van der Waals surface area contributed by atoms with E-state index in [-0.39, 0.29) is 0 Å². The third-order valence-corrected chi connectivity index (χ3v) is 3.50. The number of aromatic nitrogens is 1. The highest BCUT2D eigenvalue weighted by Gasteiger charge is 2.02. The van der Waals surface area contributed by atoms with E-state index in [2.05, 4.69) is 46.7 Å². The van der Waals surface area contributed by atoms with E-state index in [4.69, 9.17) is 4.74 Å². The molecule has 0 spiro atoms. The lowest BCUT2D eigenvalue weighted by atomic mass is 10.1. The zero-order valence-electron chi connectivity index (χ0n) is 12.0. The van der Waals surface area contributed by atoms with Crippen LogP contribution in [0.2, 0.25) is 0 Å². The Morgan fingerprint density at radius 3 is 2.71 bits per heavy atom. The number of pyridine rings is 1. The predicted molar refractivity (Wildman–Crippen MR) is 86.2 cm³/mol. The first-order valence-electron chi connectivity index (χ1n) is 7.01. The molecule has 1 N–H and O–H groups in total. The molecule has 0 saturated carbocycles. The fourth-order valence-corrected chi connectivity index (χ4v) is 2.41. The topological polar surface area (TPSA) is 34.1 Å². The fraction of sp³-hybridized carbons (Fsp3) is 0.167. The average Bonchev–Trinajstić information content (AvgIpc) is 2.54. The summed E-state index contributed by atoms with van der Waals surface area (Å²) in [5.41, 5.74) is 4.59. The molecule has 0 fully saturated rings. The second-order valence-corrected chi connectivity index (χ2v) is 4.97. The Kier molecular flexibility index (Phi) is 4.12. The first-order chi connectivity index (χ1) is 10.4. The van der Waals surface area contributed by atoms with Crippen LogP contribution < -0.4 is 5.32 Å². The van der Waals surface area contributed by atoms with E-state index in [1.54, 1.807) is 7.11 Å². The van der Waals surface area contributed by atoms with Crippen molar-refractivity contribution in [2.45, 2.75) is 13.2 Å². The van der Waals surface area contributed by atoms with Crippen LogP contribution in [0.25, 0.3) is 10.9 Å². The number of fused-ring (bicyclic) bond motifs is 1. The van der Waals surface area contributed by atoms with Gasteiger partial charge in [-0.2, -0.15) is 0 Å². The third-order valence-electron chi connectivity index (χ3n) is 3.50. The molecule has 2 aromatic carbocycles. The van der Waals surface area contributed by atoms with Gasteiger partial charge in [-0.05, 0) is 35.4 Å². The van der Waals surface area contributed by atoms with Gasteiger partial charge in [0, 0.05) is 30.9 Å². The van der Waals surface area contributed by atoms with Gasteiger partial charge < -0.3 is 10.1 Å². The van der Waals surface area contributed by atoms with Gasteiger partial charge in [0.25, 0.3) is 0 Å². The molecule has 3 aromatic rings. The Morgan fingerprint density at radius 2 is 1.86 bits per heavy atom. The summed E-state index contributed by atoms with van der Waals surface area (Å²) < 4.78 is 5.24. The van der Waals surface area contributed by atoms with Crippen molar-refractivity contribution in [2.24, 2.45) is 0 Å². The fourth-order valence-electron chi connectivity index (χ4n) is 2.41. The van der Waals surface area contributed by atoms with Crippen molar-refractivity contribution in [1.82, 2.24) is 4.98 Å². The normalized spacial score (nSPS) is 10.7. The van der Waals surface area contributed by atoms with Crippen LogP contribution in [0.4, 0.5) is 5.69 Å². The highest BCUT2D eigenvalue weighted by molar-refractivity contribution is 5.82. The highest BCUT2D eigenvalue weighted by atomic mass is 16.5. The molecule has 0 atom stereocenters. The minimum Gasteiger partial charge on any atom is -0.381 e. The Balaban J connectivity index is 1.77. The zero-order valence-corrected chi connectivity index (χ0v) is 12.0. The van der Waals surface area contributed by atoms with Crippen LogP contribution in [0.1, 0.15) is 11.1 Å². The molecule has 0 saturated heterocycles. The van der Waals surface area contributed by atoms with E-state index in [1.165, 1.54) is 11.1 Å². The summed E-state index contributed by atoms with van der Waals surface area (Å²) in [5.74, 6) is 0. The van der Waals surface area contributed by atoms with Gasteiger partial charge >= 0.3 is 0 Å². The molecule has 3 heteroatoms. The Bertz CT molecular complexity index is 740. The third kappa shape index (κ3) is 3.20. The van der Waals surface area contributed by atoms with E-state index in [9.17, 15) is 0 Å². The highest BCUT2D eigenvalue weighted by Crippen LogP contribution is 2.18. The largest absolute Gasteiger partial charge is 0.381 e. The molecule has 3 rings (SSSR count). The molecule has 0 amide bonds. The number of anilines is 1. The molecule has 1 heterocycles. The Morgan fingerprint density at radius 1 is 1.00 bits per heavy atom. The van der Waals surface area contributed by atoms with Crippen LogP contribution in [0.5, 0.6) is 0 Å². The molecular weight excluding hydrogens is 260 g/mol. The second-order valence-electron chi connectivity index (χ2n) is 4.97. The van der Waals surface area contributed by atoms with Crippen molar-refractivity contribution >= 4 is 16.6 Å². The first kappa shape index (κ1) is 13.6. The molecule has 0 aliphatic carbocycles. The smallest absolute Gasteiger partial charge is 0.0716 e. The summed E-state index contributed by atoms with van der Waals surface area (Å²) in [5, 5.41) is 4.61. The van der Waals surface area contributed by atoms with E-state index < -0.39 is 0 Å². The number of methoxy groups -OCH3 is 1. The number of rotatable bonds is 5. The number of ether oxygens (including phenoxy) is 1. The molecule has 0 aliphatic rings. The maximum Gasteiger partial charge on any atom is 0.0716 e. The molecule has 1 aromatic heterocycles. The molecule has 0 radical (unpaired) electrons. The minimum atomic E-state index is 0.638. The number of nitrogens with zero attached hydrogens (tertiary/aromatic N) is 1. The van der Waals surface area contributed by atoms with Crippen molar-refractivity contribution in [3.8, 4) is 0 Å². The Hall–Kier alpha value is -2.39. The van der Waals surface area contributed by atoms with Crippen LogP contribution in [0.15, 0.2) is 60.8 Å². The first-order valence-corrected chi connectivity index (χ1v) is 7.01. The Labute approximate surface area is 124 Å². The van der Waals surface area contributed by atoms with Gasteiger partial charge in [-0.1, -0.05) is 30.3 Å². The number of hydrogen-bond acceptors (Lipinski definition) is 3. The van der Waals surface area contributed by atoms with Gasteiger partial charge in [0.05, 0.1) is 12.1 Å². The number of benzene rings is 2. The van der Waals surface area contributed by atoms with Crippen LogP contribution in [-0.2, 0) is 17.9 Å². The predicted octanol–water partition coefficient (Wildman–Crippen LogP) is 3.99. The standard InChI is InChI=1S/C18H18N2O/c1-21-13-16-6-3-2-5-15(16)12-20-17-8-9-18-14(11-17)7-4-10-19-18/h2-11,20H,12-13H2,1H3. The van der Waals surface area contributed by atoms with Crippen molar-refractivity contribution in [3.63, 3.8) is 0 Å². The lowest BCUT2D eigenvalue weighted by Gasteiger charge is -2.11. The van der Waals surface area contributed by atoms with Gasteiger partial charge in [0.15, 0.2) is 0 Å². The number of nitrogens with one attached hydrogen (secondary N) is 1. The van der Waals surface area contributed by atoms with Crippen LogP contribution in [-0.4, -0.2) is 12.1 Å². The van der Waals surface area contributed by atoms with Crippen molar-refractivity contribution in [1.29, 1.82) is 0 Å². The van der Waals surface area contributed by atoms with Gasteiger partial charge in [0.1, 0.15) is 0 Å². The molecule has 106 valence electrons. The maximum absolute atomic E-state index is 5.24. The molecule has 0 bridgehead atoms. The van der Waals surface area contributed by atoms with Gasteiger partial charge in [-0.15, -0.1) is 0 Å². The van der Waals surface area contributed by atoms with Crippen LogP contribution in [0, 0.1) is 0 Å². The molecule has 3 nitrogen and oxygen atoms in total. The summed E-state index contributed by atoms with van der Waals surface area (Å²) in [6, 6.07) is 18.6. The zero-order chi connectivity index (χ0) is 14.5. The van der Waals surface area contributed by atoms with E-state index in [0.717, 1.165) is 23.1 Å². The molecule has 21 heavy (non-hydrogen) atoms. The average molecular weight is 278 g/mol. The monoisotopic (exact) mass is 278 g/mol. The van der Waals surface area contributed by atoms with Gasteiger partial charge in [-0.25, -0.2) is 0 Å². The summed E-state index contributed by atoms with van der Waals surface area (Å²) in [7, 11) is 1.72. The van der Waals surface area contributed by atoms with E-state index >= 15 is 0 Å². The van der Waals surface area contributed by atoms with Crippen molar-refractivity contribution in [2.75, 3.05) is 12.4 Å². The quantitative estimate of drug-likeness (QED) is 0.766. The van der Waals surface area contributed by atoms with Crippen molar-refractivity contribution in [3.05, 3.63) is 71.9 Å². The van der Waals surface area contributed by atoms with E-state index in [1.807, 2.05) is 24.4 Å². The summed E-state index contributed by atoms with van der Waals surface area (Å²) in [6.45, 7) is 1.42. The summed E-state index contributed by atoms with van der Waals surface area (Å²) in [6.07, 6.45) is 1.82. The lowest BCUT2D eigenvalue weighted by molar-refractivity contribution is 0.184. The van der Waals surface area contributed by atoms with Crippen molar-refractivity contribution < 1.29 is 4.74 Å². The SMILES string of the molecule is COCc1ccccc1CNc1ccc2ncccc2c1. The summed E-state index contributed by atoms with van der Waals surface area (Å²) >= 11 is 0. The summed E-state index contributed by atoms with van der Waals surface area (Å²) in [4.78, 5) is 4.33. The van der Waals surface area contributed by atoms with Gasteiger partial charge in [0.2, 0.25) is 0 Å².